The lowest BCUT2D eigenvalue weighted by Gasteiger charge is -2.30. The van der Waals surface area contributed by atoms with Gasteiger partial charge in [0.25, 0.3) is 0 Å². The number of ether oxygens (including phenoxy) is 2. The summed E-state index contributed by atoms with van der Waals surface area (Å²) in [6.07, 6.45) is 2.72. The third-order valence-corrected chi connectivity index (χ3v) is 3.89. The predicted molar refractivity (Wildman–Crippen MR) is 76.1 cm³/mol. The van der Waals surface area contributed by atoms with Gasteiger partial charge in [-0.1, -0.05) is 15.9 Å². The number of hydrogen-bond acceptors (Lipinski definition) is 3. The Kier molecular flexibility index (Phi) is 5.47. The third kappa shape index (κ3) is 4.26. The Hall–Kier alpha value is -0.580. The smallest absolute Gasteiger partial charge is 0.119 e. The van der Waals surface area contributed by atoms with E-state index in [0.717, 1.165) is 49.3 Å². The molecule has 0 aromatic heterocycles. The Labute approximate surface area is 117 Å². The third-order valence-electron chi connectivity index (χ3n) is 3.36. The van der Waals surface area contributed by atoms with Crippen molar-refractivity contribution in [1.29, 1.82) is 0 Å². The summed E-state index contributed by atoms with van der Waals surface area (Å²) in [7, 11) is 1.80. The number of nitrogens with zero attached hydrogens (tertiary/aromatic N) is 1. The topological polar surface area (TPSA) is 21.7 Å². The van der Waals surface area contributed by atoms with Crippen LogP contribution < -0.4 is 4.74 Å². The Bertz CT molecular complexity index is 347. The molecule has 1 fully saturated rings. The average Bonchev–Trinajstić information content (AvgIpc) is 2.42. The van der Waals surface area contributed by atoms with Crippen molar-refractivity contribution in [3.63, 3.8) is 0 Å². The van der Waals surface area contributed by atoms with E-state index in [1.54, 1.807) is 7.11 Å². The van der Waals surface area contributed by atoms with E-state index in [9.17, 15) is 0 Å². The van der Waals surface area contributed by atoms with Gasteiger partial charge in [0.15, 0.2) is 0 Å². The SMILES string of the molecule is COC1CCN(CCOc2ccc(Br)cc2)CC1. The van der Waals surface area contributed by atoms with Gasteiger partial charge in [0.1, 0.15) is 12.4 Å². The average molecular weight is 314 g/mol. The summed E-state index contributed by atoms with van der Waals surface area (Å²) in [5, 5.41) is 0. The normalized spacial score (nSPS) is 17.9. The van der Waals surface area contributed by atoms with Gasteiger partial charge in [-0.05, 0) is 37.1 Å². The van der Waals surface area contributed by atoms with Gasteiger partial charge >= 0.3 is 0 Å². The molecule has 0 bridgehead atoms. The summed E-state index contributed by atoms with van der Waals surface area (Å²) >= 11 is 3.41. The zero-order valence-corrected chi connectivity index (χ0v) is 12.4. The number of hydrogen-bond donors (Lipinski definition) is 0. The monoisotopic (exact) mass is 313 g/mol. The maximum atomic E-state index is 5.72. The van der Waals surface area contributed by atoms with Crippen molar-refractivity contribution in [3.8, 4) is 5.75 Å². The van der Waals surface area contributed by atoms with Gasteiger partial charge in [0, 0.05) is 31.2 Å². The minimum absolute atomic E-state index is 0.452. The first kappa shape index (κ1) is 13.8. The first-order valence-corrected chi connectivity index (χ1v) is 7.21. The Balaban J connectivity index is 1.65. The number of halogens is 1. The highest BCUT2D eigenvalue weighted by molar-refractivity contribution is 9.10. The van der Waals surface area contributed by atoms with Gasteiger partial charge in [-0.3, -0.25) is 4.90 Å². The molecule has 0 atom stereocenters. The molecule has 3 nitrogen and oxygen atoms in total. The maximum Gasteiger partial charge on any atom is 0.119 e. The summed E-state index contributed by atoms with van der Waals surface area (Å²) in [6.45, 7) is 3.97. The van der Waals surface area contributed by atoms with Crippen molar-refractivity contribution in [2.75, 3.05) is 33.4 Å². The second kappa shape index (κ2) is 7.12. The maximum absolute atomic E-state index is 5.72. The van der Waals surface area contributed by atoms with Crippen LogP contribution in [0.2, 0.25) is 0 Å². The van der Waals surface area contributed by atoms with Gasteiger partial charge in [-0.25, -0.2) is 0 Å². The summed E-state index contributed by atoms with van der Waals surface area (Å²) in [4.78, 5) is 2.44. The van der Waals surface area contributed by atoms with Crippen LogP contribution in [0.4, 0.5) is 0 Å². The van der Waals surface area contributed by atoms with Crippen LogP contribution in [-0.4, -0.2) is 44.4 Å². The minimum Gasteiger partial charge on any atom is -0.492 e. The molecule has 1 heterocycles. The van der Waals surface area contributed by atoms with Gasteiger partial charge in [0.2, 0.25) is 0 Å². The highest BCUT2D eigenvalue weighted by Gasteiger charge is 2.17. The van der Waals surface area contributed by atoms with E-state index >= 15 is 0 Å². The second-order valence-electron chi connectivity index (χ2n) is 4.58. The molecule has 100 valence electrons. The quantitative estimate of drug-likeness (QED) is 0.834. The Morgan fingerprint density at radius 1 is 1.22 bits per heavy atom. The molecule has 0 aliphatic carbocycles. The van der Waals surface area contributed by atoms with Gasteiger partial charge in [-0.2, -0.15) is 0 Å². The lowest BCUT2D eigenvalue weighted by molar-refractivity contribution is 0.0375. The molecule has 1 saturated heterocycles. The summed E-state index contributed by atoms with van der Waals surface area (Å²) in [6, 6.07) is 7.97. The highest BCUT2D eigenvalue weighted by atomic mass is 79.9. The summed E-state index contributed by atoms with van der Waals surface area (Å²) in [5.74, 6) is 0.935. The van der Waals surface area contributed by atoms with Crippen LogP contribution in [0.1, 0.15) is 12.8 Å². The van der Waals surface area contributed by atoms with E-state index in [0.29, 0.717) is 6.10 Å². The molecule has 0 saturated carbocycles. The van der Waals surface area contributed by atoms with Gasteiger partial charge in [-0.15, -0.1) is 0 Å². The number of rotatable bonds is 5. The van der Waals surface area contributed by atoms with E-state index in [4.69, 9.17) is 9.47 Å². The second-order valence-corrected chi connectivity index (χ2v) is 5.49. The zero-order valence-electron chi connectivity index (χ0n) is 10.8. The number of likely N-dealkylation sites (tertiary alicyclic amines) is 1. The van der Waals surface area contributed by atoms with E-state index in [2.05, 4.69) is 20.8 Å². The molecule has 1 aliphatic heterocycles. The molecule has 18 heavy (non-hydrogen) atoms. The molecular weight excluding hydrogens is 294 g/mol. The van der Waals surface area contributed by atoms with Crippen molar-refractivity contribution in [1.82, 2.24) is 4.90 Å². The largest absolute Gasteiger partial charge is 0.492 e. The Morgan fingerprint density at radius 3 is 2.50 bits per heavy atom. The molecule has 0 spiro atoms. The molecule has 0 radical (unpaired) electrons. The highest BCUT2D eigenvalue weighted by Crippen LogP contribution is 2.16. The molecule has 0 unspecified atom stereocenters. The number of benzene rings is 1. The van der Waals surface area contributed by atoms with Crippen molar-refractivity contribution in [2.24, 2.45) is 0 Å². The van der Waals surface area contributed by atoms with Gasteiger partial charge in [0.05, 0.1) is 6.10 Å². The van der Waals surface area contributed by atoms with E-state index in [1.165, 1.54) is 0 Å². The molecule has 1 aliphatic rings. The van der Waals surface area contributed by atoms with E-state index < -0.39 is 0 Å². The van der Waals surface area contributed by atoms with E-state index in [-0.39, 0.29) is 0 Å². The fourth-order valence-electron chi connectivity index (χ4n) is 2.19. The van der Waals surface area contributed by atoms with Crippen LogP contribution in [-0.2, 0) is 4.74 Å². The summed E-state index contributed by atoms with van der Waals surface area (Å²) < 4.78 is 12.2. The molecule has 4 heteroatoms. The zero-order chi connectivity index (χ0) is 12.8. The molecule has 1 aromatic carbocycles. The lowest BCUT2D eigenvalue weighted by atomic mass is 10.1. The van der Waals surface area contributed by atoms with Crippen LogP contribution in [0.15, 0.2) is 28.7 Å². The standard InChI is InChI=1S/C14H20BrNO2/c1-17-13-6-8-16(9-7-13)10-11-18-14-4-2-12(15)3-5-14/h2-5,13H,6-11H2,1H3. The first-order valence-electron chi connectivity index (χ1n) is 6.41. The van der Waals surface area contributed by atoms with Gasteiger partial charge < -0.3 is 9.47 Å². The summed E-state index contributed by atoms with van der Waals surface area (Å²) in [5.41, 5.74) is 0. The molecule has 1 aromatic rings. The van der Waals surface area contributed by atoms with Crippen LogP contribution in [0.25, 0.3) is 0 Å². The van der Waals surface area contributed by atoms with Crippen molar-refractivity contribution in [2.45, 2.75) is 18.9 Å². The molecule has 0 amide bonds. The van der Waals surface area contributed by atoms with Crippen LogP contribution in [0.3, 0.4) is 0 Å². The molecular formula is C14H20BrNO2. The molecule has 2 rings (SSSR count). The predicted octanol–water partition coefficient (Wildman–Crippen LogP) is 2.94. The minimum atomic E-state index is 0.452. The number of piperidine rings is 1. The van der Waals surface area contributed by atoms with Crippen molar-refractivity contribution >= 4 is 15.9 Å². The van der Waals surface area contributed by atoms with Crippen molar-refractivity contribution in [3.05, 3.63) is 28.7 Å². The van der Waals surface area contributed by atoms with E-state index in [1.807, 2.05) is 24.3 Å². The lowest BCUT2D eigenvalue weighted by Crippen LogP contribution is -2.38. The first-order chi connectivity index (χ1) is 8.78. The van der Waals surface area contributed by atoms with Crippen LogP contribution in [0.5, 0.6) is 5.75 Å². The van der Waals surface area contributed by atoms with Crippen molar-refractivity contribution < 1.29 is 9.47 Å². The van der Waals surface area contributed by atoms with Crippen LogP contribution in [0, 0.1) is 0 Å². The number of methoxy groups -OCH3 is 1. The fraction of sp³-hybridized carbons (Fsp3) is 0.571. The fourth-order valence-corrected chi connectivity index (χ4v) is 2.46. The Morgan fingerprint density at radius 2 is 1.89 bits per heavy atom. The molecule has 0 N–H and O–H groups in total. The van der Waals surface area contributed by atoms with Crippen LogP contribution >= 0.6 is 15.9 Å².